The molecule has 0 N–H and O–H groups in total. The molecule has 0 bridgehead atoms. The Morgan fingerprint density at radius 1 is 0.960 bits per heavy atom. The van der Waals surface area contributed by atoms with Crippen molar-refractivity contribution in [2.24, 2.45) is 7.05 Å². The van der Waals surface area contributed by atoms with Gasteiger partial charge >= 0.3 is 0 Å². The van der Waals surface area contributed by atoms with Crippen molar-refractivity contribution in [2.75, 3.05) is 39.4 Å². The lowest BCUT2D eigenvalue weighted by Crippen LogP contribution is -2.43. The summed E-state index contributed by atoms with van der Waals surface area (Å²) >= 11 is 0. The van der Waals surface area contributed by atoms with Crippen molar-refractivity contribution in [1.29, 1.82) is 0 Å². The smallest absolute Gasteiger partial charge is 0.146 e. The van der Waals surface area contributed by atoms with Gasteiger partial charge in [-0.15, -0.1) is 10.2 Å². The highest BCUT2D eigenvalue weighted by molar-refractivity contribution is 5.04. The second-order valence-corrected chi connectivity index (χ2v) is 8.05. The summed E-state index contributed by atoms with van der Waals surface area (Å²) in [5.74, 6) is 2.85. The van der Waals surface area contributed by atoms with E-state index in [0.717, 1.165) is 44.7 Å². The van der Waals surface area contributed by atoms with Gasteiger partial charge in [0.1, 0.15) is 11.6 Å². The molecule has 3 fully saturated rings. The maximum Gasteiger partial charge on any atom is 0.146 e. The van der Waals surface area contributed by atoms with Crippen LogP contribution in [0.4, 0.5) is 0 Å². The van der Waals surface area contributed by atoms with Crippen LogP contribution in [0.15, 0.2) is 0 Å². The summed E-state index contributed by atoms with van der Waals surface area (Å²) in [6, 6.07) is 0.817. The Hall–Kier alpha value is -0.980. The lowest BCUT2D eigenvalue weighted by molar-refractivity contribution is 0.0326. The van der Waals surface area contributed by atoms with E-state index < -0.39 is 0 Å². The van der Waals surface area contributed by atoms with E-state index >= 15 is 0 Å². The average Bonchev–Trinajstić information content (AvgIpc) is 3.04. The highest BCUT2D eigenvalue weighted by atomic mass is 16.5. The van der Waals surface area contributed by atoms with Crippen LogP contribution in [0.5, 0.6) is 0 Å². The molecule has 1 aliphatic carbocycles. The lowest BCUT2D eigenvalue weighted by Gasteiger charge is -2.39. The number of hydrogen-bond donors (Lipinski definition) is 0. The second-order valence-electron chi connectivity index (χ2n) is 8.05. The Kier molecular flexibility index (Phi) is 5.68. The van der Waals surface area contributed by atoms with Gasteiger partial charge in [-0.05, 0) is 32.2 Å². The molecule has 0 unspecified atom stereocenters. The quantitative estimate of drug-likeness (QED) is 0.835. The van der Waals surface area contributed by atoms with Crippen molar-refractivity contribution in [1.82, 2.24) is 24.6 Å². The van der Waals surface area contributed by atoms with Gasteiger partial charge in [0.15, 0.2) is 0 Å². The number of hydrogen-bond acceptors (Lipinski definition) is 5. The molecule has 0 spiro atoms. The molecule has 1 aromatic rings. The number of morpholine rings is 1. The van der Waals surface area contributed by atoms with Crippen molar-refractivity contribution in [2.45, 2.75) is 63.5 Å². The zero-order valence-corrected chi connectivity index (χ0v) is 15.7. The van der Waals surface area contributed by atoms with Crippen LogP contribution in [0.2, 0.25) is 0 Å². The molecular formula is C19H33N5O. The number of ether oxygens (including phenoxy) is 1. The van der Waals surface area contributed by atoms with E-state index in [1.54, 1.807) is 0 Å². The molecule has 6 nitrogen and oxygen atoms in total. The Morgan fingerprint density at radius 3 is 2.56 bits per heavy atom. The summed E-state index contributed by atoms with van der Waals surface area (Å²) in [6.45, 7) is 7.02. The van der Waals surface area contributed by atoms with Crippen LogP contribution in [0.25, 0.3) is 0 Å². The predicted molar refractivity (Wildman–Crippen MR) is 97.5 cm³/mol. The molecule has 2 saturated heterocycles. The first-order valence-electron chi connectivity index (χ1n) is 10.2. The van der Waals surface area contributed by atoms with E-state index in [1.807, 2.05) is 0 Å². The fraction of sp³-hybridized carbons (Fsp3) is 0.895. The molecule has 4 rings (SSSR count). The SMILES string of the molecule is Cn1c(CN2CCOCC2)nnc1[C@@H]1CCCN(C2CCCCC2)C1. The zero-order chi connectivity index (χ0) is 17.1. The van der Waals surface area contributed by atoms with E-state index in [2.05, 4.69) is 31.6 Å². The molecule has 6 heteroatoms. The van der Waals surface area contributed by atoms with Gasteiger partial charge in [0.25, 0.3) is 0 Å². The van der Waals surface area contributed by atoms with Crippen LogP contribution in [-0.4, -0.2) is 70.0 Å². The maximum atomic E-state index is 5.45. The van der Waals surface area contributed by atoms with E-state index in [4.69, 9.17) is 4.74 Å². The van der Waals surface area contributed by atoms with Crippen molar-refractivity contribution in [3.8, 4) is 0 Å². The van der Waals surface area contributed by atoms with Gasteiger partial charge in [0.05, 0.1) is 19.8 Å². The average molecular weight is 348 g/mol. The van der Waals surface area contributed by atoms with Gasteiger partial charge in [0, 0.05) is 38.6 Å². The summed E-state index contributed by atoms with van der Waals surface area (Å²) in [5, 5.41) is 9.15. The van der Waals surface area contributed by atoms with Crippen LogP contribution < -0.4 is 0 Å². The third-order valence-electron chi connectivity index (χ3n) is 6.38. The molecule has 3 aliphatic rings. The molecule has 0 aromatic carbocycles. The number of nitrogens with zero attached hydrogens (tertiary/aromatic N) is 5. The summed E-state index contributed by atoms with van der Waals surface area (Å²) in [5.41, 5.74) is 0. The highest BCUT2D eigenvalue weighted by Crippen LogP contribution is 2.31. The van der Waals surface area contributed by atoms with Gasteiger partial charge in [-0.25, -0.2) is 0 Å². The zero-order valence-electron chi connectivity index (χ0n) is 15.7. The summed E-state index contributed by atoms with van der Waals surface area (Å²) in [4.78, 5) is 5.18. The first-order valence-corrected chi connectivity index (χ1v) is 10.2. The minimum Gasteiger partial charge on any atom is -0.379 e. The summed E-state index contributed by atoms with van der Waals surface area (Å²) < 4.78 is 7.72. The number of piperidine rings is 1. The van der Waals surface area contributed by atoms with Crippen LogP contribution in [0.3, 0.4) is 0 Å². The van der Waals surface area contributed by atoms with Gasteiger partial charge in [0.2, 0.25) is 0 Å². The molecule has 25 heavy (non-hydrogen) atoms. The summed E-state index contributed by atoms with van der Waals surface area (Å²) in [7, 11) is 2.16. The lowest BCUT2D eigenvalue weighted by atomic mass is 9.90. The van der Waals surface area contributed by atoms with Crippen molar-refractivity contribution in [3.05, 3.63) is 11.6 Å². The second kappa shape index (κ2) is 8.14. The molecule has 1 saturated carbocycles. The third-order valence-corrected chi connectivity index (χ3v) is 6.38. The Labute approximate surface area is 151 Å². The molecule has 1 aromatic heterocycles. The minimum absolute atomic E-state index is 0.548. The fourth-order valence-corrected chi connectivity index (χ4v) is 4.82. The molecule has 3 heterocycles. The van der Waals surface area contributed by atoms with Gasteiger partial charge in [-0.1, -0.05) is 19.3 Å². The van der Waals surface area contributed by atoms with E-state index in [9.17, 15) is 0 Å². The standard InChI is InChI=1S/C19H33N5O/c1-22-18(15-23-10-12-25-13-11-23)20-21-19(22)16-6-5-9-24(14-16)17-7-3-2-4-8-17/h16-17H,2-15H2,1H3/t16-/m1/s1. The first-order chi connectivity index (χ1) is 12.3. The predicted octanol–water partition coefficient (Wildman–Crippen LogP) is 2.16. The van der Waals surface area contributed by atoms with Crippen LogP contribution in [0, 0.1) is 0 Å². The summed E-state index contributed by atoms with van der Waals surface area (Å²) in [6.07, 6.45) is 9.61. The minimum atomic E-state index is 0.548. The van der Waals surface area contributed by atoms with Gasteiger partial charge in [-0.3, -0.25) is 9.80 Å². The maximum absolute atomic E-state index is 5.45. The highest BCUT2D eigenvalue weighted by Gasteiger charge is 2.30. The van der Waals surface area contributed by atoms with Crippen molar-refractivity contribution in [3.63, 3.8) is 0 Å². The van der Waals surface area contributed by atoms with Crippen LogP contribution in [0.1, 0.15) is 62.5 Å². The number of rotatable bonds is 4. The van der Waals surface area contributed by atoms with Crippen LogP contribution >= 0.6 is 0 Å². The van der Waals surface area contributed by atoms with E-state index in [1.165, 1.54) is 63.9 Å². The Morgan fingerprint density at radius 2 is 1.76 bits per heavy atom. The number of aromatic nitrogens is 3. The number of likely N-dealkylation sites (tertiary alicyclic amines) is 1. The monoisotopic (exact) mass is 347 g/mol. The first kappa shape index (κ1) is 17.4. The fourth-order valence-electron chi connectivity index (χ4n) is 4.82. The van der Waals surface area contributed by atoms with E-state index in [-0.39, 0.29) is 0 Å². The third kappa shape index (κ3) is 4.07. The van der Waals surface area contributed by atoms with Crippen molar-refractivity contribution >= 4 is 0 Å². The molecule has 1 atom stereocenters. The largest absolute Gasteiger partial charge is 0.379 e. The molecule has 140 valence electrons. The Bertz CT molecular complexity index is 548. The molecule has 0 radical (unpaired) electrons. The Balaban J connectivity index is 1.40. The topological polar surface area (TPSA) is 46.4 Å². The molecule has 0 amide bonds. The molecular weight excluding hydrogens is 314 g/mol. The van der Waals surface area contributed by atoms with Gasteiger partial charge in [-0.2, -0.15) is 0 Å². The van der Waals surface area contributed by atoms with Crippen molar-refractivity contribution < 1.29 is 4.74 Å². The van der Waals surface area contributed by atoms with Crippen LogP contribution in [-0.2, 0) is 18.3 Å². The van der Waals surface area contributed by atoms with E-state index in [0.29, 0.717) is 5.92 Å². The van der Waals surface area contributed by atoms with Gasteiger partial charge < -0.3 is 9.30 Å². The normalized spacial score (nSPS) is 27.6. The molecule has 2 aliphatic heterocycles.